The number of carbonyl (C=O) groups is 1. The number of hydrogen-bond donors (Lipinski definition) is 1. The van der Waals surface area contributed by atoms with Crippen molar-refractivity contribution in [2.45, 2.75) is 37.3 Å². The molecular weight excluding hydrogens is 372 g/mol. The van der Waals surface area contributed by atoms with Gasteiger partial charge in [-0.05, 0) is 25.0 Å². The molecule has 1 N–H and O–H groups in total. The number of carbonyl (C=O) groups excluding carboxylic acids is 1. The van der Waals surface area contributed by atoms with Crippen LogP contribution in [0.3, 0.4) is 0 Å². The van der Waals surface area contributed by atoms with Crippen LogP contribution in [0.2, 0.25) is 0 Å². The summed E-state index contributed by atoms with van der Waals surface area (Å²) in [7, 11) is 0. The molecule has 0 amide bonds. The van der Waals surface area contributed by atoms with Gasteiger partial charge in [0.15, 0.2) is 5.16 Å². The number of hydrogen-bond acceptors (Lipinski definition) is 5. The summed E-state index contributed by atoms with van der Waals surface area (Å²) in [6.07, 6.45) is 0.522. The largest absolute Gasteiger partial charge is 0.460 e. The Morgan fingerprint density at radius 1 is 1.07 bits per heavy atom. The zero-order chi connectivity index (χ0) is 19.9. The van der Waals surface area contributed by atoms with Crippen molar-refractivity contribution in [1.82, 2.24) is 9.97 Å². The van der Waals surface area contributed by atoms with Crippen LogP contribution in [-0.4, -0.2) is 21.2 Å². The summed E-state index contributed by atoms with van der Waals surface area (Å²) in [6.45, 7) is 3.78. The van der Waals surface area contributed by atoms with Gasteiger partial charge in [-0.25, -0.2) is 4.98 Å². The van der Waals surface area contributed by atoms with Gasteiger partial charge in [0.1, 0.15) is 11.9 Å². The first kappa shape index (κ1) is 19.9. The molecule has 144 valence electrons. The van der Waals surface area contributed by atoms with Gasteiger partial charge >= 0.3 is 5.97 Å². The first-order chi connectivity index (χ1) is 13.5. The van der Waals surface area contributed by atoms with E-state index >= 15 is 0 Å². The van der Waals surface area contributed by atoms with E-state index in [-0.39, 0.29) is 18.1 Å². The molecule has 6 heteroatoms. The lowest BCUT2D eigenvalue weighted by Gasteiger charge is -2.12. The third-order valence-corrected chi connectivity index (χ3v) is 5.23. The highest BCUT2D eigenvalue weighted by atomic mass is 32.2. The summed E-state index contributed by atoms with van der Waals surface area (Å²) in [5.74, 6) is -0.345. The smallest absolute Gasteiger partial charge is 0.319 e. The van der Waals surface area contributed by atoms with Crippen molar-refractivity contribution in [3.05, 3.63) is 93.4 Å². The molecule has 2 aromatic carbocycles. The Labute approximate surface area is 168 Å². The fraction of sp³-hybridized carbons (Fsp3) is 0.227. The molecule has 0 radical (unpaired) electrons. The van der Waals surface area contributed by atoms with Crippen molar-refractivity contribution in [1.29, 1.82) is 0 Å². The number of esters is 1. The molecule has 1 heterocycles. The van der Waals surface area contributed by atoms with Crippen molar-refractivity contribution in [3.8, 4) is 0 Å². The van der Waals surface area contributed by atoms with Gasteiger partial charge in [-0.1, -0.05) is 72.4 Å². The average Bonchev–Trinajstić information content (AvgIpc) is 2.70. The molecule has 1 aromatic heterocycles. The number of thioether (sulfide) groups is 1. The molecule has 0 fully saturated rings. The summed E-state index contributed by atoms with van der Waals surface area (Å²) >= 11 is 1.19. The first-order valence-electron chi connectivity index (χ1n) is 9.04. The molecule has 0 aliphatic rings. The lowest BCUT2D eigenvalue weighted by molar-refractivity contribution is -0.143. The highest BCUT2D eigenvalue weighted by Crippen LogP contribution is 2.21. The van der Waals surface area contributed by atoms with Crippen LogP contribution in [0.5, 0.6) is 0 Å². The average molecular weight is 394 g/mol. The van der Waals surface area contributed by atoms with Crippen LogP contribution < -0.4 is 5.56 Å². The molecule has 28 heavy (non-hydrogen) atoms. The van der Waals surface area contributed by atoms with Crippen molar-refractivity contribution in [2.24, 2.45) is 0 Å². The Hall–Kier alpha value is -2.86. The molecule has 3 aromatic rings. The van der Waals surface area contributed by atoms with Gasteiger partial charge in [-0.15, -0.1) is 0 Å². The van der Waals surface area contributed by atoms with Crippen LogP contribution in [0.4, 0.5) is 0 Å². The van der Waals surface area contributed by atoms with Gasteiger partial charge < -0.3 is 9.72 Å². The summed E-state index contributed by atoms with van der Waals surface area (Å²) in [5.41, 5.74) is 3.11. The zero-order valence-corrected chi connectivity index (χ0v) is 16.7. The van der Waals surface area contributed by atoms with Crippen molar-refractivity contribution in [3.63, 3.8) is 0 Å². The fourth-order valence-electron chi connectivity index (χ4n) is 2.71. The number of aromatic nitrogens is 2. The van der Waals surface area contributed by atoms with Gasteiger partial charge in [0.05, 0.1) is 0 Å². The van der Waals surface area contributed by atoms with Gasteiger partial charge in [-0.2, -0.15) is 0 Å². The minimum absolute atomic E-state index is 0.177. The summed E-state index contributed by atoms with van der Waals surface area (Å²) in [5, 5.41) is -0.0605. The third kappa shape index (κ3) is 5.33. The SMILES string of the molecule is Cc1nc(SC(C)C(=O)OCc2ccccc2)[nH]c(=O)c1Cc1ccccc1. The molecule has 0 aliphatic carbocycles. The quantitative estimate of drug-likeness (QED) is 0.374. The van der Waals surface area contributed by atoms with Crippen LogP contribution in [-0.2, 0) is 22.6 Å². The lowest BCUT2D eigenvalue weighted by atomic mass is 10.1. The second-order valence-electron chi connectivity index (χ2n) is 6.45. The Kier molecular flexibility index (Phi) is 6.66. The van der Waals surface area contributed by atoms with E-state index in [0.717, 1.165) is 11.1 Å². The maximum Gasteiger partial charge on any atom is 0.319 e. The predicted octanol–water partition coefficient (Wildman–Crippen LogP) is 3.89. The molecule has 5 nitrogen and oxygen atoms in total. The van der Waals surface area contributed by atoms with Gasteiger partial charge in [0, 0.05) is 17.7 Å². The second-order valence-corrected chi connectivity index (χ2v) is 7.78. The van der Waals surface area contributed by atoms with E-state index in [9.17, 15) is 9.59 Å². The van der Waals surface area contributed by atoms with E-state index < -0.39 is 5.25 Å². The Balaban J connectivity index is 1.63. The molecule has 0 saturated heterocycles. The van der Waals surface area contributed by atoms with E-state index in [0.29, 0.717) is 22.8 Å². The monoisotopic (exact) mass is 394 g/mol. The number of ether oxygens (including phenoxy) is 1. The molecule has 0 bridgehead atoms. The van der Waals surface area contributed by atoms with Gasteiger partial charge in [0.25, 0.3) is 5.56 Å². The molecule has 3 rings (SSSR count). The van der Waals surface area contributed by atoms with Crippen LogP contribution in [0.1, 0.15) is 29.3 Å². The predicted molar refractivity (Wildman–Crippen MR) is 110 cm³/mol. The number of rotatable bonds is 7. The highest BCUT2D eigenvalue weighted by Gasteiger charge is 2.19. The van der Waals surface area contributed by atoms with E-state index in [4.69, 9.17) is 4.74 Å². The minimum Gasteiger partial charge on any atom is -0.460 e. The minimum atomic E-state index is -0.480. The fourth-order valence-corrected chi connectivity index (χ4v) is 3.55. The standard InChI is InChI=1S/C22H22N2O3S/c1-15-19(13-17-9-5-3-6-10-17)20(25)24-22(23-15)28-16(2)21(26)27-14-18-11-7-4-8-12-18/h3-12,16H,13-14H2,1-2H3,(H,23,24,25). The topological polar surface area (TPSA) is 72.0 Å². The Morgan fingerprint density at radius 3 is 2.29 bits per heavy atom. The van der Waals surface area contributed by atoms with E-state index in [1.807, 2.05) is 67.6 Å². The number of benzene rings is 2. The van der Waals surface area contributed by atoms with Crippen LogP contribution in [0, 0.1) is 6.92 Å². The second kappa shape index (κ2) is 9.37. The van der Waals surface area contributed by atoms with Crippen molar-refractivity contribution >= 4 is 17.7 Å². The number of nitrogens with zero attached hydrogens (tertiary/aromatic N) is 1. The maximum atomic E-state index is 12.5. The van der Waals surface area contributed by atoms with Gasteiger partial charge in [-0.3, -0.25) is 9.59 Å². The molecule has 0 saturated carbocycles. The van der Waals surface area contributed by atoms with Crippen LogP contribution in [0.15, 0.2) is 70.6 Å². The lowest BCUT2D eigenvalue weighted by Crippen LogP contribution is -2.21. The Morgan fingerprint density at radius 2 is 1.68 bits per heavy atom. The molecule has 0 spiro atoms. The number of nitrogens with one attached hydrogen (secondary N) is 1. The molecular formula is C22H22N2O3S. The van der Waals surface area contributed by atoms with E-state index in [1.54, 1.807) is 6.92 Å². The zero-order valence-electron chi connectivity index (χ0n) is 15.8. The summed E-state index contributed by atoms with van der Waals surface area (Å²) in [4.78, 5) is 32.0. The number of H-pyrrole nitrogens is 1. The summed E-state index contributed by atoms with van der Waals surface area (Å²) in [6, 6.07) is 19.3. The number of aromatic amines is 1. The maximum absolute atomic E-state index is 12.5. The van der Waals surface area contributed by atoms with Crippen LogP contribution in [0.25, 0.3) is 0 Å². The van der Waals surface area contributed by atoms with E-state index in [1.165, 1.54) is 11.8 Å². The molecule has 1 atom stereocenters. The summed E-state index contributed by atoms with van der Waals surface area (Å²) < 4.78 is 5.35. The third-order valence-electron chi connectivity index (χ3n) is 4.27. The highest BCUT2D eigenvalue weighted by molar-refractivity contribution is 8.00. The van der Waals surface area contributed by atoms with Gasteiger partial charge in [0.2, 0.25) is 0 Å². The Bertz CT molecular complexity index is 988. The van der Waals surface area contributed by atoms with Crippen molar-refractivity contribution < 1.29 is 9.53 Å². The normalized spacial score (nSPS) is 11.8. The first-order valence-corrected chi connectivity index (χ1v) is 9.92. The molecule has 0 aliphatic heterocycles. The van der Waals surface area contributed by atoms with E-state index in [2.05, 4.69) is 9.97 Å². The molecule has 1 unspecified atom stereocenters. The van der Waals surface area contributed by atoms with Crippen molar-refractivity contribution in [2.75, 3.05) is 0 Å². The number of aryl methyl sites for hydroxylation is 1. The van der Waals surface area contributed by atoms with Crippen LogP contribution >= 0.6 is 11.8 Å².